The summed E-state index contributed by atoms with van der Waals surface area (Å²) in [5, 5.41) is 7.90. The molecular weight excluding hydrogens is 549 g/mol. The molecule has 0 fully saturated rings. The number of nitrogens with zero attached hydrogens (tertiary/aromatic N) is 5. The molecule has 1 atom stereocenters. The number of rotatable bonds is 9. The van der Waals surface area contributed by atoms with Gasteiger partial charge in [0.2, 0.25) is 0 Å². The topological polar surface area (TPSA) is 119 Å². The summed E-state index contributed by atoms with van der Waals surface area (Å²) in [6.07, 6.45) is 4.76. The number of hydrogen-bond acceptors (Lipinski definition) is 10. The van der Waals surface area contributed by atoms with E-state index >= 15 is 4.39 Å². The van der Waals surface area contributed by atoms with E-state index in [-0.39, 0.29) is 35.5 Å². The lowest BCUT2D eigenvalue weighted by Gasteiger charge is -2.33. The van der Waals surface area contributed by atoms with E-state index in [1.54, 1.807) is 25.4 Å². The second-order valence-corrected chi connectivity index (χ2v) is 11.1. The summed E-state index contributed by atoms with van der Waals surface area (Å²) in [5.74, 6) is -0.878. The van der Waals surface area contributed by atoms with Gasteiger partial charge in [-0.2, -0.15) is 0 Å². The molecule has 1 unspecified atom stereocenters. The van der Waals surface area contributed by atoms with Gasteiger partial charge < -0.3 is 15.0 Å². The molecule has 5 aromatic heterocycles. The molecule has 0 aliphatic carbocycles. The van der Waals surface area contributed by atoms with Crippen LogP contribution in [0.1, 0.15) is 32.2 Å². The standard InChI is InChI=1S/C25H23ClFN7O2S2/c1-4-36-17(35)10-15(25(2,3)24-28-7-9-38-24)31-22-18(27)20(14-6-5-8-37-14)33-21(34-22)13-11-29-23-19(13)32-16(26)12-30-23/h5-9,11-12,15H,4,10H2,1-3H3,(H,29,30)(H,31,33,34). The summed E-state index contributed by atoms with van der Waals surface area (Å²) >= 11 is 8.91. The maximum absolute atomic E-state index is 16.0. The van der Waals surface area contributed by atoms with Gasteiger partial charge in [0, 0.05) is 29.2 Å². The zero-order valence-electron chi connectivity index (χ0n) is 20.7. The van der Waals surface area contributed by atoms with Crippen LogP contribution < -0.4 is 5.32 Å². The maximum atomic E-state index is 16.0. The van der Waals surface area contributed by atoms with Gasteiger partial charge in [-0.25, -0.2) is 29.3 Å². The van der Waals surface area contributed by atoms with Gasteiger partial charge in [-0.15, -0.1) is 22.7 Å². The van der Waals surface area contributed by atoms with Gasteiger partial charge in [0.15, 0.2) is 23.1 Å². The molecule has 5 heterocycles. The third-order valence-corrected chi connectivity index (χ3v) is 8.21. The molecule has 0 saturated carbocycles. The predicted octanol–water partition coefficient (Wildman–Crippen LogP) is 6.10. The first-order valence-corrected chi connectivity index (χ1v) is 13.8. The molecule has 0 saturated heterocycles. The Morgan fingerprint density at radius 2 is 2.08 bits per heavy atom. The Morgan fingerprint density at radius 3 is 2.79 bits per heavy atom. The summed E-state index contributed by atoms with van der Waals surface area (Å²) in [4.78, 5) is 38.4. The largest absolute Gasteiger partial charge is 0.466 e. The number of aromatic nitrogens is 6. The van der Waals surface area contributed by atoms with Crippen LogP contribution in [0.5, 0.6) is 0 Å². The number of esters is 1. The zero-order valence-corrected chi connectivity index (χ0v) is 23.0. The fraction of sp³-hybridized carbons (Fsp3) is 0.280. The van der Waals surface area contributed by atoms with Crippen LogP contribution in [-0.4, -0.2) is 48.5 Å². The number of carbonyl (C=O) groups is 1. The Hall–Kier alpha value is -3.48. The summed E-state index contributed by atoms with van der Waals surface area (Å²) < 4.78 is 21.3. The van der Waals surface area contributed by atoms with Crippen LogP contribution in [0.3, 0.4) is 0 Å². The smallest absolute Gasteiger partial charge is 0.307 e. The average molecular weight is 572 g/mol. The number of nitrogens with one attached hydrogen (secondary N) is 2. The maximum Gasteiger partial charge on any atom is 0.307 e. The van der Waals surface area contributed by atoms with Gasteiger partial charge in [-0.3, -0.25) is 4.79 Å². The number of halogens is 2. The predicted molar refractivity (Wildman–Crippen MR) is 147 cm³/mol. The fourth-order valence-corrected chi connectivity index (χ4v) is 5.67. The second kappa shape index (κ2) is 10.7. The van der Waals surface area contributed by atoms with Crippen LogP contribution in [0.15, 0.2) is 41.5 Å². The Kier molecular flexibility index (Phi) is 7.37. The molecule has 5 aromatic rings. The van der Waals surface area contributed by atoms with Crippen molar-refractivity contribution >= 4 is 57.2 Å². The molecule has 0 bridgehead atoms. The van der Waals surface area contributed by atoms with Gasteiger partial charge in [0.25, 0.3) is 0 Å². The van der Waals surface area contributed by atoms with Crippen LogP contribution >= 0.6 is 34.3 Å². The molecule has 0 amide bonds. The number of ether oxygens (including phenoxy) is 1. The molecule has 13 heteroatoms. The Morgan fingerprint density at radius 1 is 1.24 bits per heavy atom. The number of thiophene rings is 1. The van der Waals surface area contributed by atoms with E-state index in [0.29, 0.717) is 21.6 Å². The van der Waals surface area contributed by atoms with Crippen molar-refractivity contribution in [2.75, 3.05) is 11.9 Å². The fourth-order valence-electron chi connectivity index (χ4n) is 4.01. The first-order chi connectivity index (χ1) is 18.3. The Bertz CT molecular complexity index is 1570. The first-order valence-electron chi connectivity index (χ1n) is 11.7. The SMILES string of the molecule is CCOC(=O)CC(Nc1nc(-c2c[nH]c3ncc(Cl)nc23)nc(-c2cccs2)c1F)C(C)(C)c1nccs1. The first kappa shape index (κ1) is 26.1. The van der Waals surface area contributed by atoms with Gasteiger partial charge >= 0.3 is 5.97 Å². The molecule has 9 nitrogen and oxygen atoms in total. The van der Waals surface area contributed by atoms with E-state index < -0.39 is 23.2 Å². The highest BCUT2D eigenvalue weighted by molar-refractivity contribution is 7.13. The summed E-state index contributed by atoms with van der Waals surface area (Å²) in [7, 11) is 0. The van der Waals surface area contributed by atoms with Gasteiger partial charge in [0.1, 0.15) is 21.4 Å². The van der Waals surface area contributed by atoms with E-state index in [2.05, 4.69) is 35.2 Å². The Labute approximate surface area is 230 Å². The highest BCUT2D eigenvalue weighted by Gasteiger charge is 2.37. The van der Waals surface area contributed by atoms with E-state index in [1.165, 1.54) is 28.9 Å². The lowest BCUT2D eigenvalue weighted by Crippen LogP contribution is -2.42. The quantitative estimate of drug-likeness (QED) is 0.204. The summed E-state index contributed by atoms with van der Waals surface area (Å²) in [6, 6.07) is 3.00. The van der Waals surface area contributed by atoms with Crippen molar-refractivity contribution in [2.45, 2.75) is 38.6 Å². The number of anilines is 1. The molecule has 5 rings (SSSR count). The van der Waals surface area contributed by atoms with Gasteiger partial charge in [-0.05, 0) is 18.4 Å². The lowest BCUT2D eigenvalue weighted by molar-refractivity contribution is -0.143. The van der Waals surface area contributed by atoms with Crippen LogP contribution in [-0.2, 0) is 14.9 Å². The normalized spacial score (nSPS) is 12.6. The number of fused-ring (bicyclic) bond motifs is 1. The van der Waals surface area contributed by atoms with Crippen LogP contribution in [0.2, 0.25) is 5.15 Å². The third kappa shape index (κ3) is 5.11. The third-order valence-electron chi connectivity index (χ3n) is 6.04. The molecule has 0 spiro atoms. The van der Waals surface area contributed by atoms with Crippen LogP contribution in [0.25, 0.3) is 33.1 Å². The van der Waals surface area contributed by atoms with Crippen LogP contribution in [0.4, 0.5) is 10.2 Å². The van der Waals surface area contributed by atoms with Crippen molar-refractivity contribution in [2.24, 2.45) is 0 Å². The van der Waals surface area contributed by atoms with Crippen molar-refractivity contribution in [3.63, 3.8) is 0 Å². The second-order valence-electron chi connectivity index (χ2n) is 8.89. The van der Waals surface area contributed by atoms with Gasteiger partial charge in [0.05, 0.1) is 29.7 Å². The molecule has 0 aliphatic rings. The van der Waals surface area contributed by atoms with Crippen molar-refractivity contribution in [3.05, 3.63) is 57.5 Å². The minimum Gasteiger partial charge on any atom is -0.466 e. The minimum atomic E-state index is -0.665. The lowest BCUT2D eigenvalue weighted by atomic mass is 9.83. The number of hydrogen-bond donors (Lipinski definition) is 2. The molecular formula is C25H23ClFN7O2S2. The molecule has 0 radical (unpaired) electrons. The number of aromatic amines is 1. The molecule has 0 aliphatic heterocycles. The highest BCUT2D eigenvalue weighted by atomic mass is 35.5. The van der Waals surface area contributed by atoms with E-state index in [4.69, 9.17) is 16.3 Å². The van der Waals surface area contributed by atoms with Crippen molar-refractivity contribution in [3.8, 4) is 22.0 Å². The molecule has 196 valence electrons. The Balaban J connectivity index is 1.64. The van der Waals surface area contributed by atoms with Crippen molar-refractivity contribution in [1.82, 2.24) is 29.9 Å². The van der Waals surface area contributed by atoms with E-state index in [1.807, 2.05) is 30.7 Å². The number of thiazole rings is 1. The zero-order chi connectivity index (χ0) is 26.9. The van der Waals surface area contributed by atoms with E-state index in [0.717, 1.165) is 5.01 Å². The van der Waals surface area contributed by atoms with Crippen LogP contribution in [0, 0.1) is 5.82 Å². The molecule has 0 aromatic carbocycles. The number of H-pyrrole nitrogens is 1. The minimum absolute atomic E-state index is 0.0261. The van der Waals surface area contributed by atoms with Gasteiger partial charge in [-0.1, -0.05) is 31.5 Å². The number of carbonyl (C=O) groups excluding carboxylic acids is 1. The monoisotopic (exact) mass is 571 g/mol. The molecule has 2 N–H and O–H groups in total. The highest BCUT2D eigenvalue weighted by Crippen LogP contribution is 2.36. The van der Waals surface area contributed by atoms with Crippen molar-refractivity contribution in [1.29, 1.82) is 0 Å². The summed E-state index contributed by atoms with van der Waals surface area (Å²) in [5.41, 5.74) is 0.921. The van der Waals surface area contributed by atoms with E-state index in [9.17, 15) is 4.79 Å². The van der Waals surface area contributed by atoms with Crippen molar-refractivity contribution < 1.29 is 13.9 Å². The molecule has 38 heavy (non-hydrogen) atoms. The average Bonchev–Trinajstić information content (AvgIpc) is 3.66. The summed E-state index contributed by atoms with van der Waals surface area (Å²) in [6.45, 7) is 5.87.